The number of aldehydes is 1. The third-order valence-electron chi connectivity index (χ3n) is 1.75. The van der Waals surface area contributed by atoms with E-state index in [0.717, 1.165) is 0 Å². The number of benzene rings is 1. The van der Waals surface area contributed by atoms with Crippen LogP contribution in [0.25, 0.3) is 0 Å². The summed E-state index contributed by atoms with van der Waals surface area (Å²) in [6, 6.07) is 3.15. The van der Waals surface area contributed by atoms with Crippen LogP contribution in [0.15, 0.2) is 12.1 Å². The van der Waals surface area contributed by atoms with Gasteiger partial charge in [-0.15, -0.1) is 0 Å². The summed E-state index contributed by atoms with van der Waals surface area (Å²) in [5.74, 6) is 0.967. The zero-order valence-electron chi connectivity index (χ0n) is 8.24. The summed E-state index contributed by atoms with van der Waals surface area (Å²) in [6.07, 6.45) is 0.717. The van der Waals surface area contributed by atoms with Gasteiger partial charge in [-0.2, -0.15) is 0 Å². The zero-order valence-corrected chi connectivity index (χ0v) is 8.24. The molecule has 0 atom stereocenters. The van der Waals surface area contributed by atoms with Crippen LogP contribution in [-0.2, 0) is 0 Å². The number of anilines is 1. The molecule has 0 aliphatic rings. The second kappa shape index (κ2) is 4.50. The normalized spacial score (nSPS) is 9.57. The van der Waals surface area contributed by atoms with E-state index in [1.165, 1.54) is 7.11 Å². The van der Waals surface area contributed by atoms with Crippen molar-refractivity contribution < 1.29 is 14.3 Å². The average molecular weight is 195 g/mol. The summed E-state index contributed by atoms with van der Waals surface area (Å²) in [5, 5.41) is 0. The van der Waals surface area contributed by atoms with Crippen LogP contribution in [0.5, 0.6) is 11.5 Å². The van der Waals surface area contributed by atoms with Crippen molar-refractivity contribution in [2.75, 3.05) is 19.5 Å². The maximum atomic E-state index is 10.5. The number of carbonyl (C=O) groups excluding carboxylic acids is 1. The Balaban J connectivity index is 3.19. The second-order valence-electron chi connectivity index (χ2n) is 2.69. The molecule has 0 radical (unpaired) electrons. The first-order chi connectivity index (χ1) is 6.72. The molecule has 76 valence electrons. The predicted molar refractivity (Wildman–Crippen MR) is 54.0 cm³/mol. The summed E-state index contributed by atoms with van der Waals surface area (Å²) in [6.45, 7) is 2.35. The van der Waals surface area contributed by atoms with Gasteiger partial charge in [-0.1, -0.05) is 0 Å². The van der Waals surface area contributed by atoms with Crippen molar-refractivity contribution in [1.82, 2.24) is 0 Å². The number of rotatable bonds is 4. The average Bonchev–Trinajstić information content (AvgIpc) is 2.20. The molecule has 14 heavy (non-hydrogen) atoms. The highest BCUT2D eigenvalue weighted by Gasteiger charge is 2.09. The lowest BCUT2D eigenvalue weighted by Gasteiger charge is -2.11. The molecule has 1 aromatic carbocycles. The molecule has 0 bridgehead atoms. The van der Waals surface area contributed by atoms with Gasteiger partial charge in [0.05, 0.1) is 19.4 Å². The van der Waals surface area contributed by atoms with Crippen LogP contribution in [0.2, 0.25) is 0 Å². The minimum atomic E-state index is 0.410. The predicted octanol–water partition coefficient (Wildman–Crippen LogP) is 1.49. The number of nitrogens with two attached hydrogens (primary N) is 1. The fourth-order valence-electron chi connectivity index (χ4n) is 1.16. The summed E-state index contributed by atoms with van der Waals surface area (Å²) in [5.41, 5.74) is 6.58. The fourth-order valence-corrected chi connectivity index (χ4v) is 1.16. The lowest BCUT2D eigenvalue weighted by atomic mass is 10.2. The monoisotopic (exact) mass is 195 g/mol. The van der Waals surface area contributed by atoms with Gasteiger partial charge >= 0.3 is 0 Å². The van der Waals surface area contributed by atoms with E-state index in [2.05, 4.69) is 0 Å². The number of carbonyl (C=O) groups is 1. The number of methoxy groups -OCH3 is 1. The Bertz CT molecular complexity index is 336. The Hall–Kier alpha value is -1.71. The van der Waals surface area contributed by atoms with Crippen molar-refractivity contribution in [3.05, 3.63) is 17.7 Å². The molecule has 4 nitrogen and oxygen atoms in total. The summed E-state index contributed by atoms with van der Waals surface area (Å²) < 4.78 is 10.3. The summed E-state index contributed by atoms with van der Waals surface area (Å²) in [4.78, 5) is 10.5. The molecule has 4 heteroatoms. The zero-order chi connectivity index (χ0) is 10.6. The van der Waals surface area contributed by atoms with Crippen LogP contribution in [0, 0.1) is 0 Å². The number of ether oxygens (including phenoxy) is 2. The maximum Gasteiger partial charge on any atom is 0.184 e. The van der Waals surface area contributed by atoms with Gasteiger partial charge < -0.3 is 15.2 Å². The van der Waals surface area contributed by atoms with Crippen LogP contribution in [0.4, 0.5) is 5.69 Å². The Labute approximate surface area is 82.6 Å². The molecule has 1 aromatic rings. The number of nitrogen functional groups attached to an aromatic ring is 1. The maximum absolute atomic E-state index is 10.5. The molecule has 0 unspecified atom stereocenters. The molecule has 2 N–H and O–H groups in total. The van der Waals surface area contributed by atoms with Gasteiger partial charge in [0.2, 0.25) is 0 Å². The Kier molecular flexibility index (Phi) is 3.34. The molecule has 1 rings (SSSR count). The molecule has 0 aliphatic carbocycles. The lowest BCUT2D eigenvalue weighted by Crippen LogP contribution is -2.01. The van der Waals surface area contributed by atoms with Crippen LogP contribution in [-0.4, -0.2) is 20.0 Å². The van der Waals surface area contributed by atoms with Crippen molar-refractivity contribution >= 4 is 12.0 Å². The smallest absolute Gasteiger partial charge is 0.184 e. The van der Waals surface area contributed by atoms with E-state index < -0.39 is 0 Å². The van der Waals surface area contributed by atoms with Gasteiger partial charge in [0.25, 0.3) is 0 Å². The molecule has 0 aliphatic heterocycles. The third-order valence-corrected chi connectivity index (χ3v) is 1.75. The first-order valence-electron chi connectivity index (χ1n) is 4.28. The Morgan fingerprint density at radius 3 is 2.71 bits per heavy atom. The SMILES string of the molecule is CCOc1c(N)cc(C=O)cc1OC. The molecular formula is C10H13NO3. The first kappa shape index (κ1) is 10.4. The quantitative estimate of drug-likeness (QED) is 0.584. The van der Waals surface area contributed by atoms with Gasteiger partial charge in [0, 0.05) is 5.56 Å². The Morgan fingerprint density at radius 1 is 1.50 bits per heavy atom. The van der Waals surface area contributed by atoms with Gasteiger partial charge in [-0.05, 0) is 19.1 Å². The highest BCUT2D eigenvalue weighted by atomic mass is 16.5. The van der Waals surface area contributed by atoms with Crippen LogP contribution in [0.3, 0.4) is 0 Å². The minimum Gasteiger partial charge on any atom is -0.493 e. The molecule has 0 heterocycles. The van der Waals surface area contributed by atoms with E-state index in [-0.39, 0.29) is 0 Å². The van der Waals surface area contributed by atoms with Crippen LogP contribution >= 0.6 is 0 Å². The molecule has 0 saturated heterocycles. The highest BCUT2D eigenvalue weighted by Crippen LogP contribution is 2.34. The minimum absolute atomic E-state index is 0.410. The molecule has 0 aromatic heterocycles. The first-order valence-corrected chi connectivity index (χ1v) is 4.28. The topological polar surface area (TPSA) is 61.5 Å². The van der Waals surface area contributed by atoms with Gasteiger partial charge in [-0.3, -0.25) is 4.79 Å². The van der Waals surface area contributed by atoms with E-state index in [0.29, 0.717) is 35.6 Å². The second-order valence-corrected chi connectivity index (χ2v) is 2.69. The van der Waals surface area contributed by atoms with E-state index in [9.17, 15) is 4.79 Å². The summed E-state index contributed by atoms with van der Waals surface area (Å²) in [7, 11) is 1.51. The van der Waals surface area contributed by atoms with Crippen molar-refractivity contribution in [2.24, 2.45) is 0 Å². The van der Waals surface area contributed by atoms with Crippen LogP contribution < -0.4 is 15.2 Å². The fraction of sp³-hybridized carbons (Fsp3) is 0.300. The van der Waals surface area contributed by atoms with Gasteiger partial charge in [0.15, 0.2) is 11.5 Å². The number of hydrogen-bond acceptors (Lipinski definition) is 4. The third kappa shape index (κ3) is 1.96. The standard InChI is InChI=1S/C10H13NO3/c1-3-14-10-8(11)4-7(6-12)5-9(10)13-2/h4-6H,3,11H2,1-2H3. The Morgan fingerprint density at radius 2 is 2.21 bits per heavy atom. The molecule has 0 spiro atoms. The van der Waals surface area contributed by atoms with Crippen molar-refractivity contribution in [3.63, 3.8) is 0 Å². The highest BCUT2D eigenvalue weighted by molar-refractivity contribution is 5.80. The molecule has 0 fully saturated rings. The van der Waals surface area contributed by atoms with Crippen molar-refractivity contribution in [3.8, 4) is 11.5 Å². The largest absolute Gasteiger partial charge is 0.493 e. The summed E-state index contributed by atoms with van der Waals surface area (Å²) >= 11 is 0. The number of hydrogen-bond donors (Lipinski definition) is 1. The van der Waals surface area contributed by atoms with Gasteiger partial charge in [0.1, 0.15) is 6.29 Å². The van der Waals surface area contributed by atoms with Gasteiger partial charge in [-0.25, -0.2) is 0 Å². The van der Waals surface area contributed by atoms with Crippen LogP contribution in [0.1, 0.15) is 17.3 Å². The van der Waals surface area contributed by atoms with Crippen molar-refractivity contribution in [1.29, 1.82) is 0 Å². The van der Waals surface area contributed by atoms with E-state index >= 15 is 0 Å². The molecule has 0 saturated carbocycles. The van der Waals surface area contributed by atoms with E-state index in [1.54, 1.807) is 12.1 Å². The molecular weight excluding hydrogens is 182 g/mol. The lowest BCUT2D eigenvalue weighted by molar-refractivity contribution is 0.112. The van der Waals surface area contributed by atoms with Crippen molar-refractivity contribution in [2.45, 2.75) is 6.92 Å². The van der Waals surface area contributed by atoms with E-state index in [1.807, 2.05) is 6.92 Å². The van der Waals surface area contributed by atoms with E-state index in [4.69, 9.17) is 15.2 Å². The molecule has 0 amide bonds.